The predicted molar refractivity (Wildman–Crippen MR) is 106 cm³/mol. The fraction of sp³-hybridized carbons (Fsp3) is 0.636. The smallest absolute Gasteiger partial charge is 0.226 e. The molecule has 26 heavy (non-hydrogen) atoms. The molecule has 0 bridgehead atoms. The fourth-order valence-corrected chi connectivity index (χ4v) is 3.76. The van der Waals surface area contributed by atoms with Crippen LogP contribution in [0.1, 0.15) is 64.4 Å². The summed E-state index contributed by atoms with van der Waals surface area (Å²) >= 11 is 0. The van der Waals surface area contributed by atoms with Crippen LogP contribution in [0.4, 0.5) is 0 Å². The van der Waals surface area contributed by atoms with Gasteiger partial charge in [-0.15, -0.1) is 0 Å². The summed E-state index contributed by atoms with van der Waals surface area (Å²) < 4.78 is 0. The van der Waals surface area contributed by atoms with Crippen LogP contribution in [0, 0.1) is 11.8 Å². The zero-order chi connectivity index (χ0) is 18.8. The molecular weight excluding hydrogens is 324 g/mol. The average molecular weight is 359 g/mol. The van der Waals surface area contributed by atoms with Crippen molar-refractivity contribution in [3.05, 3.63) is 35.9 Å². The molecule has 4 nitrogen and oxygen atoms in total. The number of carbonyl (C=O) groups excluding carboxylic acids is 2. The van der Waals surface area contributed by atoms with E-state index in [1.165, 1.54) is 12.8 Å². The molecule has 4 heteroatoms. The first-order valence-electron chi connectivity index (χ1n) is 10.2. The summed E-state index contributed by atoms with van der Waals surface area (Å²) in [5, 5.41) is 2.98. The third-order valence-electron chi connectivity index (χ3n) is 5.35. The van der Waals surface area contributed by atoms with Gasteiger partial charge in [0.25, 0.3) is 0 Å². The van der Waals surface area contributed by atoms with E-state index in [4.69, 9.17) is 0 Å². The van der Waals surface area contributed by atoms with Crippen molar-refractivity contribution in [2.75, 3.05) is 13.1 Å². The Labute approximate surface area is 158 Å². The van der Waals surface area contributed by atoms with Gasteiger partial charge >= 0.3 is 0 Å². The lowest BCUT2D eigenvalue weighted by atomic mass is 9.87. The first-order chi connectivity index (χ1) is 12.7. The molecule has 0 saturated carbocycles. The number of amides is 2. The van der Waals surface area contributed by atoms with Crippen LogP contribution in [0.25, 0.3) is 0 Å². The summed E-state index contributed by atoms with van der Waals surface area (Å²) in [7, 11) is 0. The zero-order valence-corrected chi connectivity index (χ0v) is 16.4. The summed E-state index contributed by atoms with van der Waals surface area (Å²) in [5.74, 6) is 0.368. The van der Waals surface area contributed by atoms with Crippen LogP contribution in [0.5, 0.6) is 0 Å². The van der Waals surface area contributed by atoms with Crippen LogP contribution in [0.2, 0.25) is 0 Å². The van der Waals surface area contributed by atoms with Gasteiger partial charge in [-0.3, -0.25) is 9.59 Å². The third-order valence-corrected chi connectivity index (χ3v) is 5.35. The van der Waals surface area contributed by atoms with Crippen LogP contribution in [0.3, 0.4) is 0 Å². The highest BCUT2D eigenvalue weighted by Crippen LogP contribution is 2.32. The van der Waals surface area contributed by atoms with Crippen LogP contribution in [-0.2, 0) is 16.1 Å². The number of hydrogen-bond donors (Lipinski definition) is 1. The molecule has 1 aromatic carbocycles. The van der Waals surface area contributed by atoms with Crippen molar-refractivity contribution in [3.8, 4) is 0 Å². The van der Waals surface area contributed by atoms with Gasteiger partial charge in [0.1, 0.15) is 0 Å². The minimum atomic E-state index is -0.139. The van der Waals surface area contributed by atoms with E-state index < -0.39 is 0 Å². The van der Waals surface area contributed by atoms with Crippen molar-refractivity contribution in [1.29, 1.82) is 0 Å². The monoisotopic (exact) mass is 358 g/mol. The molecule has 144 valence electrons. The van der Waals surface area contributed by atoms with Crippen molar-refractivity contribution in [3.63, 3.8) is 0 Å². The number of nitrogens with one attached hydrogen (secondary N) is 1. The standard InChI is InChI=1S/C22H34N2O2/c1-3-5-8-13-19-17-24(14-6-4-2)22(26)20(19)15-21(25)23-16-18-11-9-7-10-12-18/h7,9-12,19-20H,3-6,8,13-17H2,1-2H3,(H,23,25)/t19-,20+/m1/s1. The Balaban J connectivity index is 1.90. The molecule has 1 aromatic rings. The minimum absolute atomic E-state index is 0.00923. The molecule has 1 aliphatic rings. The topological polar surface area (TPSA) is 49.4 Å². The Morgan fingerprint density at radius 1 is 1.12 bits per heavy atom. The van der Waals surface area contributed by atoms with Crippen molar-refractivity contribution in [2.45, 2.75) is 65.3 Å². The molecule has 1 fully saturated rings. The fourth-order valence-electron chi connectivity index (χ4n) is 3.76. The molecule has 2 rings (SSSR count). The first kappa shape index (κ1) is 20.5. The quantitative estimate of drug-likeness (QED) is 0.604. The van der Waals surface area contributed by atoms with Crippen LogP contribution in [0.15, 0.2) is 30.3 Å². The molecule has 1 aliphatic heterocycles. The van der Waals surface area contributed by atoms with Gasteiger partial charge in [0, 0.05) is 26.1 Å². The Hall–Kier alpha value is -1.84. The highest BCUT2D eigenvalue weighted by molar-refractivity contribution is 5.87. The zero-order valence-electron chi connectivity index (χ0n) is 16.4. The second-order valence-corrected chi connectivity index (χ2v) is 7.47. The Kier molecular flexibility index (Phi) is 8.66. The lowest BCUT2D eigenvalue weighted by molar-refractivity contribution is -0.134. The minimum Gasteiger partial charge on any atom is -0.352 e. The summed E-state index contributed by atoms with van der Waals surface area (Å²) in [6.07, 6.45) is 7.05. The van der Waals surface area contributed by atoms with Gasteiger partial charge in [-0.1, -0.05) is 69.9 Å². The van der Waals surface area contributed by atoms with E-state index in [2.05, 4.69) is 19.2 Å². The number of unbranched alkanes of at least 4 members (excludes halogenated alkanes) is 3. The molecule has 0 aromatic heterocycles. The van der Waals surface area contributed by atoms with Gasteiger partial charge in [0.05, 0.1) is 5.92 Å². The van der Waals surface area contributed by atoms with Gasteiger partial charge < -0.3 is 10.2 Å². The van der Waals surface area contributed by atoms with E-state index in [1.54, 1.807) is 0 Å². The summed E-state index contributed by atoms with van der Waals surface area (Å²) in [6.45, 7) is 6.54. The molecule has 1 heterocycles. The SMILES string of the molecule is CCCCC[C@@H]1CN(CCCC)C(=O)[C@H]1CC(=O)NCc1ccccc1. The Morgan fingerprint density at radius 3 is 2.54 bits per heavy atom. The normalized spacial score (nSPS) is 19.8. The molecule has 1 N–H and O–H groups in total. The average Bonchev–Trinajstić information content (AvgIpc) is 2.95. The largest absolute Gasteiger partial charge is 0.352 e. The van der Waals surface area contributed by atoms with Gasteiger partial charge in [0.15, 0.2) is 0 Å². The lowest BCUT2D eigenvalue weighted by Gasteiger charge is -2.16. The highest BCUT2D eigenvalue weighted by atomic mass is 16.2. The molecule has 1 saturated heterocycles. The molecule has 0 unspecified atom stereocenters. The van der Waals surface area contributed by atoms with Gasteiger partial charge in [-0.2, -0.15) is 0 Å². The van der Waals surface area contributed by atoms with E-state index in [1.807, 2.05) is 35.2 Å². The van der Waals surface area contributed by atoms with Crippen molar-refractivity contribution in [2.24, 2.45) is 11.8 Å². The van der Waals surface area contributed by atoms with E-state index in [9.17, 15) is 9.59 Å². The third kappa shape index (κ3) is 6.15. The molecule has 2 atom stereocenters. The number of likely N-dealkylation sites (tertiary alicyclic amines) is 1. The van der Waals surface area contributed by atoms with Gasteiger partial charge in [-0.25, -0.2) is 0 Å². The Morgan fingerprint density at radius 2 is 1.85 bits per heavy atom. The van der Waals surface area contributed by atoms with E-state index >= 15 is 0 Å². The molecular formula is C22H34N2O2. The van der Waals surface area contributed by atoms with Crippen LogP contribution < -0.4 is 5.32 Å². The van der Waals surface area contributed by atoms with Gasteiger partial charge in [0.2, 0.25) is 11.8 Å². The number of rotatable bonds is 11. The maximum absolute atomic E-state index is 12.8. The first-order valence-corrected chi connectivity index (χ1v) is 10.2. The molecule has 0 aliphatic carbocycles. The summed E-state index contributed by atoms with van der Waals surface area (Å²) in [4.78, 5) is 27.2. The predicted octanol–water partition coefficient (Wildman–Crippen LogP) is 4.15. The van der Waals surface area contributed by atoms with E-state index in [0.717, 1.165) is 44.3 Å². The molecule has 0 radical (unpaired) electrons. The van der Waals surface area contributed by atoms with Crippen molar-refractivity contribution >= 4 is 11.8 Å². The Bertz CT molecular complexity index is 559. The highest BCUT2D eigenvalue weighted by Gasteiger charge is 2.40. The van der Waals surface area contributed by atoms with E-state index in [0.29, 0.717) is 18.9 Å². The van der Waals surface area contributed by atoms with Crippen LogP contribution in [-0.4, -0.2) is 29.8 Å². The lowest BCUT2D eigenvalue weighted by Crippen LogP contribution is -2.32. The number of hydrogen-bond acceptors (Lipinski definition) is 2. The molecule has 0 spiro atoms. The number of carbonyl (C=O) groups is 2. The van der Waals surface area contributed by atoms with Crippen molar-refractivity contribution in [1.82, 2.24) is 10.2 Å². The second-order valence-electron chi connectivity index (χ2n) is 7.47. The van der Waals surface area contributed by atoms with Crippen LogP contribution >= 0.6 is 0 Å². The second kappa shape index (κ2) is 11.0. The maximum Gasteiger partial charge on any atom is 0.226 e. The summed E-state index contributed by atoms with van der Waals surface area (Å²) in [6, 6.07) is 9.91. The van der Waals surface area contributed by atoms with Gasteiger partial charge in [-0.05, 0) is 24.3 Å². The summed E-state index contributed by atoms with van der Waals surface area (Å²) in [5.41, 5.74) is 1.09. The maximum atomic E-state index is 12.8. The molecule has 2 amide bonds. The number of benzene rings is 1. The van der Waals surface area contributed by atoms with E-state index in [-0.39, 0.29) is 17.7 Å². The van der Waals surface area contributed by atoms with Crippen molar-refractivity contribution < 1.29 is 9.59 Å². The number of nitrogens with zero attached hydrogens (tertiary/aromatic N) is 1.